The van der Waals surface area contributed by atoms with Crippen molar-refractivity contribution in [3.8, 4) is 11.8 Å². The minimum Gasteiger partial charge on any atom is -0.492 e. The quantitative estimate of drug-likeness (QED) is 0.621. The van der Waals surface area contributed by atoms with Crippen LogP contribution in [0.5, 0.6) is 11.8 Å². The summed E-state index contributed by atoms with van der Waals surface area (Å²) >= 11 is 0. The minimum absolute atomic E-state index is 0.0209. The van der Waals surface area contributed by atoms with E-state index in [0.29, 0.717) is 0 Å². The van der Waals surface area contributed by atoms with Crippen molar-refractivity contribution in [3.05, 3.63) is 23.3 Å². The fourth-order valence-corrected chi connectivity index (χ4v) is 2.53. The van der Waals surface area contributed by atoms with Crippen LogP contribution in [-0.4, -0.2) is 28.9 Å². The van der Waals surface area contributed by atoms with Crippen LogP contribution in [0.15, 0.2) is 12.2 Å². The molecule has 0 aliphatic carbocycles. The van der Waals surface area contributed by atoms with Gasteiger partial charge < -0.3 is 14.9 Å². The number of halogens is 3. The van der Waals surface area contributed by atoms with E-state index in [9.17, 15) is 31.8 Å². The van der Waals surface area contributed by atoms with Crippen molar-refractivity contribution in [2.45, 2.75) is 17.7 Å². The average Bonchev–Trinajstić information content (AvgIpc) is 2.97. The van der Waals surface area contributed by atoms with Gasteiger partial charge in [0.05, 0.1) is 11.1 Å². The van der Waals surface area contributed by atoms with Gasteiger partial charge in [-0.15, -0.1) is 0 Å². The molecule has 0 saturated heterocycles. The van der Waals surface area contributed by atoms with Gasteiger partial charge in [-0.1, -0.05) is 16.9 Å². The third-order valence-electron chi connectivity index (χ3n) is 2.94. The zero-order chi connectivity index (χ0) is 14.9. The van der Waals surface area contributed by atoms with E-state index in [-0.39, 0.29) is 15.9 Å². The van der Waals surface area contributed by atoms with Crippen LogP contribution < -0.4 is 4.28 Å². The van der Waals surface area contributed by atoms with Crippen LogP contribution in [-0.2, 0) is 14.9 Å². The number of nitrogens with zero attached hydrogens (tertiary/aromatic N) is 1. The van der Waals surface area contributed by atoms with Crippen LogP contribution in [0.2, 0.25) is 0 Å². The maximum atomic E-state index is 12.2. The van der Waals surface area contributed by atoms with Gasteiger partial charge in [-0.05, 0) is 0 Å². The predicted molar refractivity (Wildman–Crippen MR) is 55.0 cm³/mol. The molecule has 0 saturated carbocycles. The Hall–Kier alpha value is -1.88. The minimum atomic E-state index is -6.02. The molecule has 1 aromatic heterocycles. The third kappa shape index (κ3) is 1.53. The van der Waals surface area contributed by atoms with Crippen molar-refractivity contribution < 1.29 is 40.8 Å². The van der Waals surface area contributed by atoms with E-state index in [1.807, 2.05) is 0 Å². The molecule has 3 heterocycles. The second-order valence-electron chi connectivity index (χ2n) is 4.11. The first-order valence-electron chi connectivity index (χ1n) is 5.15. The van der Waals surface area contributed by atoms with E-state index >= 15 is 0 Å². The smallest absolute Gasteiger partial charge is 0.492 e. The lowest BCUT2D eigenvalue weighted by molar-refractivity contribution is -0.0555. The first kappa shape index (κ1) is 13.1. The molecule has 2 aliphatic heterocycles. The molecule has 0 amide bonds. The lowest BCUT2D eigenvalue weighted by Crippen LogP contribution is -2.32. The average molecular weight is 313 g/mol. The number of alkyl halides is 3. The second kappa shape index (κ2) is 3.61. The van der Waals surface area contributed by atoms with Crippen LogP contribution in [0, 0.1) is 0 Å². The van der Waals surface area contributed by atoms with Gasteiger partial charge in [-0.2, -0.15) is 21.6 Å². The molecule has 20 heavy (non-hydrogen) atoms. The molecule has 110 valence electrons. The topological polar surface area (TPSA) is 98.0 Å². The van der Waals surface area contributed by atoms with Gasteiger partial charge in [0.15, 0.2) is 0 Å². The Balaban J connectivity index is 2.07. The lowest BCUT2D eigenvalue weighted by Gasteiger charge is -2.12. The lowest BCUT2D eigenvalue weighted by atomic mass is 10.0. The van der Waals surface area contributed by atoms with Gasteiger partial charge in [0.1, 0.15) is 12.2 Å². The molecule has 0 radical (unpaired) electrons. The number of hydrogen-bond acceptors (Lipinski definition) is 6. The summed E-state index contributed by atoms with van der Waals surface area (Å²) in [5.74, 6) is -1.91. The molecule has 0 fully saturated rings. The Morgan fingerprint density at radius 1 is 1.15 bits per heavy atom. The predicted octanol–water partition coefficient (Wildman–Crippen LogP) is 0.860. The summed E-state index contributed by atoms with van der Waals surface area (Å²) in [5.41, 5.74) is -5.73. The fourth-order valence-electron chi connectivity index (χ4n) is 2.11. The van der Waals surface area contributed by atoms with Crippen LogP contribution in [0.4, 0.5) is 13.2 Å². The molecular weight excluding hydrogens is 307 g/mol. The first-order valence-corrected chi connectivity index (χ1v) is 6.56. The third-order valence-corrected chi connectivity index (χ3v) is 3.85. The summed E-state index contributed by atoms with van der Waals surface area (Å²) in [6.07, 6.45) is 1.49. The molecule has 7 nitrogen and oxygen atoms in total. The maximum Gasteiger partial charge on any atom is 0.536 e. The second-order valence-corrected chi connectivity index (χ2v) is 5.63. The Morgan fingerprint density at radius 3 is 2.00 bits per heavy atom. The van der Waals surface area contributed by atoms with E-state index in [4.69, 9.17) is 4.74 Å². The fraction of sp³-hybridized carbons (Fsp3) is 0.333. The van der Waals surface area contributed by atoms with E-state index in [1.165, 1.54) is 12.2 Å². The van der Waals surface area contributed by atoms with E-state index in [1.54, 1.807) is 0 Å². The number of hydrogen-bond donors (Lipinski definition) is 2. The Kier molecular flexibility index (Phi) is 2.37. The Bertz CT molecular complexity index is 684. The SMILES string of the molecule is O=S(=O)(On1c(O)c2c(c1O)C1C=CC2O1)C(F)(F)F. The highest BCUT2D eigenvalue weighted by atomic mass is 32.2. The van der Waals surface area contributed by atoms with Crippen LogP contribution in [0.1, 0.15) is 23.3 Å². The summed E-state index contributed by atoms with van der Waals surface area (Å²) < 4.78 is 67.2. The summed E-state index contributed by atoms with van der Waals surface area (Å²) in [6, 6.07) is 0. The summed E-state index contributed by atoms with van der Waals surface area (Å²) in [5, 5.41) is 19.4. The van der Waals surface area contributed by atoms with Gasteiger partial charge in [0.2, 0.25) is 11.8 Å². The summed E-state index contributed by atoms with van der Waals surface area (Å²) in [6.45, 7) is 0. The van der Waals surface area contributed by atoms with Gasteiger partial charge in [0, 0.05) is 0 Å². The number of ether oxygens (including phenoxy) is 1. The van der Waals surface area contributed by atoms with Gasteiger partial charge in [-0.25, -0.2) is 0 Å². The zero-order valence-corrected chi connectivity index (χ0v) is 10.1. The molecule has 2 atom stereocenters. The van der Waals surface area contributed by atoms with Crippen molar-refractivity contribution in [2.24, 2.45) is 0 Å². The van der Waals surface area contributed by atoms with Crippen LogP contribution in [0.3, 0.4) is 0 Å². The standard InChI is InChI=1S/C9H6F3NO6S/c10-9(11,12)20(16,17)19-13-7(14)5-3-1-2-4(18-3)6(5)8(13)15/h1-4,14-15H. The van der Waals surface area contributed by atoms with Gasteiger partial charge in [-0.3, -0.25) is 4.28 Å². The normalized spacial score (nSPS) is 24.1. The van der Waals surface area contributed by atoms with Crippen molar-refractivity contribution in [2.75, 3.05) is 0 Å². The summed E-state index contributed by atoms with van der Waals surface area (Å²) in [7, 11) is -6.02. The molecule has 3 rings (SSSR count). The molecule has 2 N–H and O–H groups in total. The number of fused-ring (bicyclic) bond motifs is 5. The number of aromatic nitrogens is 1. The Labute approximate surface area is 109 Å². The number of rotatable bonds is 2. The van der Waals surface area contributed by atoms with E-state index in [0.717, 1.165) is 0 Å². The van der Waals surface area contributed by atoms with E-state index < -0.39 is 39.6 Å². The van der Waals surface area contributed by atoms with Crippen LogP contribution in [0.25, 0.3) is 0 Å². The Morgan fingerprint density at radius 2 is 1.60 bits per heavy atom. The largest absolute Gasteiger partial charge is 0.536 e. The molecule has 0 aromatic carbocycles. The van der Waals surface area contributed by atoms with Crippen molar-refractivity contribution in [3.63, 3.8) is 0 Å². The molecule has 2 aliphatic rings. The van der Waals surface area contributed by atoms with Crippen LogP contribution >= 0.6 is 0 Å². The van der Waals surface area contributed by atoms with E-state index in [2.05, 4.69) is 4.28 Å². The highest BCUT2D eigenvalue weighted by molar-refractivity contribution is 7.87. The monoisotopic (exact) mass is 313 g/mol. The molecule has 0 spiro atoms. The highest BCUT2D eigenvalue weighted by Crippen LogP contribution is 2.54. The maximum absolute atomic E-state index is 12.2. The van der Waals surface area contributed by atoms with Crippen molar-refractivity contribution in [1.29, 1.82) is 0 Å². The molecule has 11 heteroatoms. The zero-order valence-electron chi connectivity index (χ0n) is 9.33. The van der Waals surface area contributed by atoms with Gasteiger partial charge in [0.25, 0.3) is 0 Å². The molecular formula is C9H6F3NO6S. The molecule has 2 unspecified atom stereocenters. The van der Waals surface area contributed by atoms with Crippen molar-refractivity contribution >= 4 is 10.1 Å². The highest BCUT2D eigenvalue weighted by Gasteiger charge is 2.51. The molecule has 1 aromatic rings. The van der Waals surface area contributed by atoms with Crippen molar-refractivity contribution in [1.82, 2.24) is 4.73 Å². The summed E-state index contributed by atoms with van der Waals surface area (Å²) in [4.78, 5) is 0. The van der Waals surface area contributed by atoms with Gasteiger partial charge >= 0.3 is 15.6 Å². The number of aromatic hydroxyl groups is 2. The molecule has 2 bridgehead atoms. The first-order chi connectivity index (χ1) is 9.13.